The van der Waals surface area contributed by atoms with E-state index in [1.165, 1.54) is 49.1 Å². The molecule has 0 radical (unpaired) electrons. The molecule has 0 amide bonds. The van der Waals surface area contributed by atoms with E-state index in [9.17, 15) is 0 Å². The Balaban J connectivity index is 2.04. The van der Waals surface area contributed by atoms with Crippen molar-refractivity contribution in [1.29, 1.82) is 0 Å². The molecule has 1 aromatic rings. The Labute approximate surface area is 134 Å². The first-order valence-corrected chi connectivity index (χ1v) is 9.58. The van der Waals surface area contributed by atoms with E-state index in [2.05, 4.69) is 60.8 Å². The van der Waals surface area contributed by atoms with Crippen LogP contribution in [-0.4, -0.2) is 27.3 Å². The lowest BCUT2D eigenvalue weighted by Gasteiger charge is -2.37. The Morgan fingerprint density at radius 2 is 1.95 bits per heavy atom. The number of rotatable bonds is 6. The highest BCUT2D eigenvalue weighted by atomic mass is 32.2. The molecule has 1 aromatic heterocycles. The molecule has 1 saturated carbocycles. The van der Waals surface area contributed by atoms with Crippen molar-refractivity contribution < 1.29 is 0 Å². The van der Waals surface area contributed by atoms with Crippen molar-refractivity contribution in [2.24, 2.45) is 0 Å². The van der Waals surface area contributed by atoms with Crippen LogP contribution in [0.2, 0.25) is 0 Å². The molecule has 1 fully saturated rings. The zero-order valence-corrected chi connectivity index (χ0v) is 15.1. The highest BCUT2D eigenvalue weighted by molar-refractivity contribution is 8.00. The third-order valence-corrected chi connectivity index (χ3v) is 6.52. The van der Waals surface area contributed by atoms with Gasteiger partial charge in [-0.1, -0.05) is 19.3 Å². The molecule has 0 aromatic carbocycles. The van der Waals surface area contributed by atoms with Crippen LogP contribution < -0.4 is 5.32 Å². The van der Waals surface area contributed by atoms with Crippen molar-refractivity contribution in [3.8, 4) is 0 Å². The molecule has 3 nitrogen and oxygen atoms in total. The smallest absolute Gasteiger partial charge is 0.0644 e. The van der Waals surface area contributed by atoms with E-state index < -0.39 is 0 Å². The summed E-state index contributed by atoms with van der Waals surface area (Å²) in [6, 6.07) is 0.385. The van der Waals surface area contributed by atoms with Gasteiger partial charge in [0.05, 0.1) is 5.69 Å². The first-order valence-electron chi connectivity index (χ1n) is 8.35. The summed E-state index contributed by atoms with van der Waals surface area (Å²) in [6.45, 7) is 10.8. The summed E-state index contributed by atoms with van der Waals surface area (Å²) in [5.74, 6) is 0. The Kier molecular flexibility index (Phi) is 5.78. The number of aryl methyl sites for hydroxylation is 2. The number of hydrogen-bond donors (Lipinski definition) is 1. The molecule has 1 N–H and O–H groups in total. The number of hydrogen-bond acceptors (Lipinski definition) is 3. The lowest BCUT2D eigenvalue weighted by Crippen LogP contribution is -2.40. The van der Waals surface area contributed by atoms with Crippen LogP contribution in [0.3, 0.4) is 0 Å². The summed E-state index contributed by atoms with van der Waals surface area (Å²) in [5, 5.41) is 8.46. The lowest BCUT2D eigenvalue weighted by molar-refractivity contribution is 0.367. The van der Waals surface area contributed by atoms with Gasteiger partial charge in [0.25, 0.3) is 0 Å². The van der Waals surface area contributed by atoms with Crippen LogP contribution in [0, 0.1) is 13.8 Å². The fourth-order valence-electron chi connectivity index (χ4n) is 3.74. The van der Waals surface area contributed by atoms with Gasteiger partial charge in [-0.15, -0.1) is 0 Å². The second-order valence-electron chi connectivity index (χ2n) is 6.45. The van der Waals surface area contributed by atoms with Gasteiger partial charge in [0.1, 0.15) is 0 Å². The van der Waals surface area contributed by atoms with Crippen LogP contribution in [0.15, 0.2) is 0 Å². The molecule has 1 atom stereocenters. The predicted octanol–water partition coefficient (Wildman–Crippen LogP) is 4.24. The highest BCUT2D eigenvalue weighted by Crippen LogP contribution is 2.38. The molecule has 1 heterocycles. The minimum Gasteiger partial charge on any atom is -0.309 e. The number of thioether (sulfide) groups is 1. The third kappa shape index (κ3) is 3.65. The van der Waals surface area contributed by atoms with Crippen molar-refractivity contribution in [2.45, 2.75) is 77.1 Å². The average Bonchev–Trinajstić information content (AvgIpc) is 2.80. The molecule has 1 unspecified atom stereocenters. The first kappa shape index (κ1) is 16.9. The molecule has 21 heavy (non-hydrogen) atoms. The molecule has 1 aliphatic rings. The van der Waals surface area contributed by atoms with Crippen molar-refractivity contribution in [2.75, 3.05) is 12.8 Å². The van der Waals surface area contributed by atoms with Crippen molar-refractivity contribution in [3.05, 3.63) is 17.0 Å². The summed E-state index contributed by atoms with van der Waals surface area (Å²) < 4.78 is 2.57. The van der Waals surface area contributed by atoms with Crippen LogP contribution in [0.25, 0.3) is 0 Å². The van der Waals surface area contributed by atoms with Gasteiger partial charge in [0, 0.05) is 35.1 Å². The fraction of sp³-hybridized carbons (Fsp3) is 0.824. The third-order valence-electron chi connectivity index (χ3n) is 5.10. The highest BCUT2D eigenvalue weighted by Gasteiger charge is 2.31. The van der Waals surface area contributed by atoms with Gasteiger partial charge < -0.3 is 5.32 Å². The van der Waals surface area contributed by atoms with Crippen LogP contribution in [0.4, 0.5) is 0 Å². The molecule has 0 bridgehead atoms. The van der Waals surface area contributed by atoms with Crippen molar-refractivity contribution >= 4 is 11.8 Å². The maximum atomic E-state index is 4.65. The minimum absolute atomic E-state index is 0.385. The average molecular weight is 310 g/mol. The maximum absolute atomic E-state index is 4.65. The van der Waals surface area contributed by atoms with E-state index in [-0.39, 0.29) is 0 Å². The molecule has 0 spiro atoms. The predicted molar refractivity (Wildman–Crippen MR) is 93.1 cm³/mol. The summed E-state index contributed by atoms with van der Waals surface area (Å²) >= 11 is 2.07. The standard InChI is InChI=1S/C17H31N3S/c1-6-20-15(4)16(14(3)19-20)13(2)18-12-17(21-5)10-8-7-9-11-17/h13,18H,6-12H2,1-5H3. The second kappa shape index (κ2) is 7.19. The van der Waals surface area contributed by atoms with Crippen molar-refractivity contribution in [3.63, 3.8) is 0 Å². The molecule has 0 saturated heterocycles. The Bertz CT molecular complexity index is 461. The van der Waals surface area contributed by atoms with E-state index in [0.29, 0.717) is 10.8 Å². The van der Waals surface area contributed by atoms with Gasteiger partial charge in [-0.2, -0.15) is 16.9 Å². The molecule has 120 valence electrons. The van der Waals surface area contributed by atoms with Crippen LogP contribution in [0.5, 0.6) is 0 Å². The maximum Gasteiger partial charge on any atom is 0.0644 e. The number of nitrogens with one attached hydrogen (secondary N) is 1. The minimum atomic E-state index is 0.385. The van der Waals surface area contributed by atoms with Crippen LogP contribution in [-0.2, 0) is 6.54 Å². The van der Waals surface area contributed by atoms with Crippen LogP contribution >= 0.6 is 11.8 Å². The van der Waals surface area contributed by atoms with Crippen molar-refractivity contribution in [1.82, 2.24) is 15.1 Å². The number of aromatic nitrogens is 2. The first-order chi connectivity index (χ1) is 10.0. The van der Waals surface area contributed by atoms with Gasteiger partial charge in [-0.25, -0.2) is 0 Å². The summed E-state index contributed by atoms with van der Waals surface area (Å²) in [6.07, 6.45) is 9.20. The Morgan fingerprint density at radius 1 is 1.29 bits per heavy atom. The van der Waals surface area contributed by atoms with Gasteiger partial charge in [-0.05, 0) is 46.8 Å². The lowest BCUT2D eigenvalue weighted by atomic mass is 9.88. The number of nitrogens with zero attached hydrogens (tertiary/aromatic N) is 2. The van der Waals surface area contributed by atoms with Crippen LogP contribution in [0.1, 0.15) is 68.9 Å². The Hall–Kier alpha value is -0.480. The molecule has 4 heteroatoms. The van der Waals surface area contributed by atoms with E-state index in [1.807, 2.05) is 0 Å². The molecule has 1 aliphatic carbocycles. The second-order valence-corrected chi connectivity index (χ2v) is 7.72. The van der Waals surface area contributed by atoms with E-state index in [0.717, 1.165) is 13.1 Å². The van der Waals surface area contributed by atoms with E-state index in [4.69, 9.17) is 0 Å². The zero-order valence-electron chi connectivity index (χ0n) is 14.3. The Morgan fingerprint density at radius 3 is 2.48 bits per heavy atom. The largest absolute Gasteiger partial charge is 0.309 e. The van der Waals surface area contributed by atoms with E-state index >= 15 is 0 Å². The molecule has 2 rings (SSSR count). The normalized spacial score (nSPS) is 19.7. The molecular weight excluding hydrogens is 278 g/mol. The van der Waals surface area contributed by atoms with E-state index in [1.54, 1.807) is 0 Å². The summed E-state index contributed by atoms with van der Waals surface area (Å²) in [5.41, 5.74) is 3.89. The van der Waals surface area contributed by atoms with Gasteiger partial charge in [0.2, 0.25) is 0 Å². The molecule has 0 aliphatic heterocycles. The summed E-state index contributed by atoms with van der Waals surface area (Å²) in [7, 11) is 0. The topological polar surface area (TPSA) is 29.9 Å². The summed E-state index contributed by atoms with van der Waals surface area (Å²) in [4.78, 5) is 0. The van der Waals surface area contributed by atoms with Gasteiger partial charge >= 0.3 is 0 Å². The monoisotopic (exact) mass is 309 g/mol. The SMILES string of the molecule is CCn1nc(C)c(C(C)NCC2(SC)CCCCC2)c1C. The molecular formula is C17H31N3S. The fourth-order valence-corrected chi connectivity index (χ4v) is 4.66. The zero-order chi connectivity index (χ0) is 15.5. The van der Waals surface area contributed by atoms with Gasteiger partial charge in [0.15, 0.2) is 0 Å². The van der Waals surface area contributed by atoms with Gasteiger partial charge in [-0.3, -0.25) is 4.68 Å². The quantitative estimate of drug-likeness (QED) is 0.852.